The SMILES string of the molecule is CC(=O)OCC(=O)N1CCC=CC1c1ccc(N2C[C@H](CNc3cnsn3)OC2=O)cc1F. The lowest BCUT2D eigenvalue weighted by Crippen LogP contribution is -2.39. The number of aromatic nitrogens is 2. The van der Waals surface area contributed by atoms with Crippen LogP contribution in [-0.2, 0) is 19.1 Å². The Labute approximate surface area is 193 Å². The lowest BCUT2D eigenvalue weighted by Gasteiger charge is -2.33. The van der Waals surface area contributed by atoms with E-state index in [4.69, 9.17) is 9.47 Å². The highest BCUT2D eigenvalue weighted by molar-refractivity contribution is 6.99. The van der Waals surface area contributed by atoms with Gasteiger partial charge in [0, 0.05) is 19.0 Å². The van der Waals surface area contributed by atoms with Crippen LogP contribution >= 0.6 is 11.7 Å². The van der Waals surface area contributed by atoms with Gasteiger partial charge in [0.25, 0.3) is 5.91 Å². The summed E-state index contributed by atoms with van der Waals surface area (Å²) in [5, 5.41) is 3.04. The summed E-state index contributed by atoms with van der Waals surface area (Å²) in [6.45, 7) is 1.80. The van der Waals surface area contributed by atoms with Crippen LogP contribution < -0.4 is 10.2 Å². The van der Waals surface area contributed by atoms with Crippen LogP contribution in [-0.4, -0.2) is 64.0 Å². The number of carbonyl (C=O) groups is 3. The Balaban J connectivity index is 1.45. The van der Waals surface area contributed by atoms with Crippen molar-refractivity contribution in [2.75, 3.05) is 36.5 Å². The van der Waals surface area contributed by atoms with E-state index in [-0.39, 0.29) is 12.1 Å². The number of halogens is 1. The smallest absolute Gasteiger partial charge is 0.414 e. The number of hydrogen-bond donors (Lipinski definition) is 1. The van der Waals surface area contributed by atoms with Gasteiger partial charge in [-0.3, -0.25) is 14.5 Å². The monoisotopic (exact) mass is 475 g/mol. The maximum Gasteiger partial charge on any atom is 0.414 e. The number of nitrogens with one attached hydrogen (secondary N) is 1. The summed E-state index contributed by atoms with van der Waals surface area (Å²) in [4.78, 5) is 38.7. The van der Waals surface area contributed by atoms with Gasteiger partial charge in [0.15, 0.2) is 12.4 Å². The van der Waals surface area contributed by atoms with Gasteiger partial charge in [-0.1, -0.05) is 18.2 Å². The lowest BCUT2D eigenvalue weighted by molar-refractivity contribution is -0.151. The van der Waals surface area contributed by atoms with Crippen LogP contribution in [0.2, 0.25) is 0 Å². The number of nitrogens with zero attached hydrogens (tertiary/aromatic N) is 4. The third kappa shape index (κ3) is 5.28. The second kappa shape index (κ2) is 9.94. The number of benzene rings is 1. The molecule has 1 aromatic heterocycles. The van der Waals surface area contributed by atoms with Crippen molar-refractivity contribution in [3.63, 3.8) is 0 Å². The molecule has 0 bridgehead atoms. The van der Waals surface area contributed by atoms with Crippen LogP contribution in [0, 0.1) is 5.82 Å². The Morgan fingerprint density at radius 3 is 2.97 bits per heavy atom. The van der Waals surface area contributed by atoms with Gasteiger partial charge >= 0.3 is 12.1 Å². The maximum atomic E-state index is 15.1. The average molecular weight is 476 g/mol. The van der Waals surface area contributed by atoms with E-state index in [1.807, 2.05) is 6.08 Å². The fourth-order valence-electron chi connectivity index (χ4n) is 3.70. The van der Waals surface area contributed by atoms with Crippen LogP contribution in [0.5, 0.6) is 0 Å². The van der Waals surface area contributed by atoms with E-state index in [0.717, 1.165) is 11.7 Å². The van der Waals surface area contributed by atoms with Crippen LogP contribution in [0.4, 0.5) is 20.7 Å². The van der Waals surface area contributed by atoms with Crippen molar-refractivity contribution in [3.05, 3.63) is 47.9 Å². The normalized spacial score (nSPS) is 20.0. The van der Waals surface area contributed by atoms with Crippen molar-refractivity contribution in [2.45, 2.75) is 25.5 Å². The van der Waals surface area contributed by atoms with Gasteiger partial charge in [-0.25, -0.2) is 9.18 Å². The number of esters is 1. The number of hydrogen-bond acceptors (Lipinski definition) is 9. The van der Waals surface area contributed by atoms with E-state index >= 15 is 4.39 Å². The largest absolute Gasteiger partial charge is 0.456 e. The van der Waals surface area contributed by atoms with Crippen molar-refractivity contribution in [2.24, 2.45) is 0 Å². The van der Waals surface area contributed by atoms with E-state index in [9.17, 15) is 14.4 Å². The summed E-state index contributed by atoms with van der Waals surface area (Å²) in [7, 11) is 0. The van der Waals surface area contributed by atoms with Gasteiger partial charge in [0.05, 0.1) is 42.7 Å². The highest BCUT2D eigenvalue weighted by Crippen LogP contribution is 2.32. The maximum absolute atomic E-state index is 15.1. The first-order valence-electron chi connectivity index (χ1n) is 10.3. The summed E-state index contributed by atoms with van der Waals surface area (Å²) >= 11 is 1.07. The topological polar surface area (TPSA) is 114 Å². The molecule has 2 aliphatic rings. The Morgan fingerprint density at radius 2 is 2.24 bits per heavy atom. The molecule has 1 N–H and O–H groups in total. The minimum absolute atomic E-state index is 0.249. The number of rotatable bonds is 7. The van der Waals surface area contributed by atoms with Crippen molar-refractivity contribution in [1.82, 2.24) is 13.6 Å². The standard InChI is InChI=1S/C21H22FN5O5S/c1-13(28)31-12-20(29)26-7-3-2-4-18(26)16-6-5-14(8-17(16)22)27-11-15(32-21(27)30)9-23-19-10-24-33-25-19/h2,4-6,8,10,15,18H,3,7,9,11-12H2,1H3,(H,23,25)/t15-,18?/m0/s1. The van der Waals surface area contributed by atoms with E-state index in [2.05, 4.69) is 14.1 Å². The minimum Gasteiger partial charge on any atom is -0.456 e. The van der Waals surface area contributed by atoms with Gasteiger partial charge in [-0.2, -0.15) is 8.75 Å². The van der Waals surface area contributed by atoms with Crippen molar-refractivity contribution < 1.29 is 28.2 Å². The van der Waals surface area contributed by atoms with Crippen molar-refractivity contribution in [1.29, 1.82) is 0 Å². The molecule has 0 spiro atoms. The Hall–Kier alpha value is -3.54. The molecular formula is C21H22FN5O5S. The number of ether oxygens (including phenoxy) is 2. The first-order chi connectivity index (χ1) is 15.9. The Kier molecular flexibility index (Phi) is 6.82. The number of cyclic esters (lactones) is 1. The van der Waals surface area contributed by atoms with Gasteiger partial charge in [-0.15, -0.1) is 0 Å². The summed E-state index contributed by atoms with van der Waals surface area (Å²) in [6.07, 6.45) is 4.81. The van der Waals surface area contributed by atoms with Crippen LogP contribution in [0.1, 0.15) is 24.9 Å². The molecule has 4 rings (SSSR count). The highest BCUT2D eigenvalue weighted by atomic mass is 32.1. The molecule has 12 heteroatoms. The summed E-state index contributed by atoms with van der Waals surface area (Å²) in [5.74, 6) is -0.926. The number of carbonyl (C=O) groups excluding carboxylic acids is 3. The molecule has 1 saturated heterocycles. The predicted molar refractivity (Wildman–Crippen MR) is 117 cm³/mol. The fraction of sp³-hybridized carbons (Fsp3) is 0.381. The predicted octanol–water partition coefficient (Wildman–Crippen LogP) is 2.51. The first kappa shape index (κ1) is 22.6. The number of amides is 2. The molecule has 10 nitrogen and oxygen atoms in total. The van der Waals surface area contributed by atoms with E-state index in [0.29, 0.717) is 31.0 Å². The quantitative estimate of drug-likeness (QED) is 0.480. The van der Waals surface area contributed by atoms with Crippen molar-refractivity contribution in [3.8, 4) is 0 Å². The van der Waals surface area contributed by atoms with Gasteiger partial charge < -0.3 is 19.7 Å². The van der Waals surface area contributed by atoms with Crippen LogP contribution in [0.25, 0.3) is 0 Å². The van der Waals surface area contributed by atoms with E-state index < -0.39 is 42.5 Å². The van der Waals surface area contributed by atoms with Gasteiger partial charge in [-0.05, 0) is 18.6 Å². The molecule has 0 aliphatic carbocycles. The molecular weight excluding hydrogens is 453 g/mol. The lowest BCUT2D eigenvalue weighted by atomic mass is 9.99. The third-order valence-electron chi connectivity index (χ3n) is 5.27. The second-order valence-corrected chi connectivity index (χ2v) is 8.08. The summed E-state index contributed by atoms with van der Waals surface area (Å²) in [5.41, 5.74) is 0.643. The minimum atomic E-state index is -0.634. The van der Waals surface area contributed by atoms with E-state index in [1.54, 1.807) is 24.4 Å². The number of anilines is 2. The molecule has 174 valence electrons. The molecule has 33 heavy (non-hydrogen) atoms. The Morgan fingerprint density at radius 1 is 1.39 bits per heavy atom. The fourth-order valence-corrected chi connectivity index (χ4v) is 4.10. The van der Waals surface area contributed by atoms with Crippen LogP contribution in [0.3, 0.4) is 0 Å². The molecule has 2 aromatic rings. The zero-order valence-electron chi connectivity index (χ0n) is 17.8. The molecule has 0 radical (unpaired) electrons. The molecule has 2 amide bonds. The molecule has 1 unspecified atom stereocenters. The molecule has 2 aliphatic heterocycles. The molecule has 0 saturated carbocycles. The zero-order chi connectivity index (χ0) is 23.4. The zero-order valence-corrected chi connectivity index (χ0v) is 18.6. The van der Waals surface area contributed by atoms with Crippen LogP contribution in [0.15, 0.2) is 36.5 Å². The highest BCUT2D eigenvalue weighted by Gasteiger charge is 2.34. The molecule has 1 aromatic carbocycles. The van der Waals surface area contributed by atoms with Crippen molar-refractivity contribution >= 4 is 41.2 Å². The third-order valence-corrected chi connectivity index (χ3v) is 5.75. The summed E-state index contributed by atoms with van der Waals surface area (Å²) in [6, 6.07) is 3.80. The molecule has 1 fully saturated rings. The average Bonchev–Trinajstić information content (AvgIpc) is 3.45. The Bertz CT molecular complexity index is 1060. The first-order valence-corrected chi connectivity index (χ1v) is 11.0. The summed E-state index contributed by atoms with van der Waals surface area (Å²) < 4.78 is 33.2. The molecule has 3 heterocycles. The molecule has 2 atom stereocenters. The van der Waals surface area contributed by atoms with E-state index in [1.165, 1.54) is 22.8 Å². The van der Waals surface area contributed by atoms with Gasteiger partial charge in [0.2, 0.25) is 0 Å². The van der Waals surface area contributed by atoms with Gasteiger partial charge in [0.1, 0.15) is 11.9 Å². The second-order valence-electron chi connectivity index (χ2n) is 7.52.